The molecule has 0 radical (unpaired) electrons. The molecule has 1 aromatic carbocycles. The lowest BCUT2D eigenvalue weighted by atomic mass is 10.1. The lowest BCUT2D eigenvalue weighted by molar-refractivity contribution is -0.111. The van der Waals surface area contributed by atoms with Gasteiger partial charge in [0.1, 0.15) is 0 Å². The minimum atomic E-state index is -2.99. The summed E-state index contributed by atoms with van der Waals surface area (Å²) < 4.78 is 22.7. The Bertz CT molecular complexity index is 561. The van der Waals surface area contributed by atoms with E-state index >= 15 is 0 Å². The molecule has 0 saturated heterocycles. The topological polar surface area (TPSA) is 63.2 Å². The molecule has 1 amide bonds. The van der Waals surface area contributed by atoms with Crippen LogP contribution in [0.5, 0.6) is 0 Å². The first-order valence-electron chi connectivity index (χ1n) is 4.76. The van der Waals surface area contributed by atoms with E-state index in [0.717, 1.165) is 11.1 Å². The number of benzene rings is 1. The van der Waals surface area contributed by atoms with Gasteiger partial charge in [0.05, 0.1) is 11.5 Å². The van der Waals surface area contributed by atoms with Gasteiger partial charge in [0.25, 0.3) is 0 Å². The number of amides is 1. The van der Waals surface area contributed by atoms with Crippen LogP contribution in [-0.2, 0) is 26.1 Å². The highest BCUT2D eigenvalue weighted by atomic mass is 32.2. The van der Waals surface area contributed by atoms with Crippen LogP contribution < -0.4 is 5.32 Å². The quantitative estimate of drug-likeness (QED) is 0.787. The molecule has 0 unspecified atom stereocenters. The van der Waals surface area contributed by atoms with Crippen LogP contribution in [0, 0.1) is 0 Å². The van der Waals surface area contributed by atoms with Gasteiger partial charge in [0.2, 0.25) is 5.91 Å². The number of carbonyl (C=O) groups excluding carboxylic acids is 1. The molecule has 84 valence electrons. The predicted molar refractivity (Wildman–Crippen MR) is 61.6 cm³/mol. The molecule has 0 aliphatic carbocycles. The van der Waals surface area contributed by atoms with Gasteiger partial charge in [-0.15, -0.1) is 0 Å². The van der Waals surface area contributed by atoms with E-state index in [0.29, 0.717) is 5.69 Å². The molecule has 0 saturated carbocycles. The summed E-state index contributed by atoms with van der Waals surface area (Å²) >= 11 is 0. The average molecular weight is 237 g/mol. The third-order valence-electron chi connectivity index (χ3n) is 2.41. The summed E-state index contributed by atoms with van der Waals surface area (Å²) in [5.74, 6) is -0.154. The molecule has 0 spiro atoms. The number of hydrogen-bond acceptors (Lipinski definition) is 3. The predicted octanol–water partition coefficient (Wildman–Crippen LogP) is 1.24. The first-order chi connectivity index (χ1) is 7.50. The van der Waals surface area contributed by atoms with Gasteiger partial charge in [0, 0.05) is 5.69 Å². The van der Waals surface area contributed by atoms with Gasteiger partial charge >= 0.3 is 0 Å². The Hall–Kier alpha value is -1.62. The molecule has 0 fully saturated rings. The molecule has 4 nitrogen and oxygen atoms in total. The smallest absolute Gasteiger partial charge is 0.247 e. The zero-order valence-electron chi connectivity index (χ0n) is 8.56. The van der Waals surface area contributed by atoms with Crippen LogP contribution in [0.25, 0.3) is 0 Å². The van der Waals surface area contributed by atoms with Crippen LogP contribution in [0.15, 0.2) is 30.9 Å². The zero-order valence-corrected chi connectivity index (χ0v) is 9.38. The fraction of sp³-hybridized carbons (Fsp3) is 0.182. The van der Waals surface area contributed by atoms with E-state index in [9.17, 15) is 13.2 Å². The van der Waals surface area contributed by atoms with Gasteiger partial charge in [0.15, 0.2) is 9.84 Å². The number of fused-ring (bicyclic) bond motifs is 1. The van der Waals surface area contributed by atoms with E-state index in [1.807, 2.05) is 0 Å². The van der Waals surface area contributed by atoms with Crippen molar-refractivity contribution in [2.45, 2.75) is 11.5 Å². The minimum Gasteiger partial charge on any atom is -0.323 e. The van der Waals surface area contributed by atoms with E-state index in [-0.39, 0.29) is 17.4 Å². The molecule has 1 heterocycles. The minimum absolute atomic E-state index is 0.0557. The fourth-order valence-corrected chi connectivity index (χ4v) is 3.30. The Labute approximate surface area is 93.9 Å². The van der Waals surface area contributed by atoms with Gasteiger partial charge in [-0.05, 0) is 29.3 Å². The molecule has 1 N–H and O–H groups in total. The Morgan fingerprint density at radius 3 is 2.69 bits per heavy atom. The number of anilines is 1. The molecule has 2 rings (SSSR count). The highest BCUT2D eigenvalue weighted by Gasteiger charge is 2.24. The van der Waals surface area contributed by atoms with Crippen molar-refractivity contribution in [3.05, 3.63) is 42.0 Å². The van der Waals surface area contributed by atoms with Gasteiger partial charge < -0.3 is 5.32 Å². The summed E-state index contributed by atoms with van der Waals surface area (Å²) in [5.41, 5.74) is 2.18. The zero-order chi connectivity index (χ0) is 11.8. The fourth-order valence-electron chi connectivity index (χ4n) is 1.70. The maximum Gasteiger partial charge on any atom is 0.247 e. The first kappa shape index (κ1) is 10.9. The van der Waals surface area contributed by atoms with Gasteiger partial charge in [-0.2, -0.15) is 0 Å². The van der Waals surface area contributed by atoms with Crippen molar-refractivity contribution < 1.29 is 13.2 Å². The number of nitrogens with one attached hydrogen (secondary N) is 1. The highest BCUT2D eigenvalue weighted by molar-refractivity contribution is 7.90. The van der Waals surface area contributed by atoms with Crippen LogP contribution >= 0.6 is 0 Å². The van der Waals surface area contributed by atoms with Gasteiger partial charge in [-0.25, -0.2) is 8.42 Å². The van der Waals surface area contributed by atoms with Crippen LogP contribution in [0.3, 0.4) is 0 Å². The van der Waals surface area contributed by atoms with Gasteiger partial charge in [-0.3, -0.25) is 4.79 Å². The van der Waals surface area contributed by atoms with Crippen molar-refractivity contribution in [2.75, 3.05) is 5.32 Å². The van der Waals surface area contributed by atoms with E-state index in [4.69, 9.17) is 0 Å². The third kappa shape index (κ3) is 2.14. The first-order valence-corrected chi connectivity index (χ1v) is 6.58. The second kappa shape index (κ2) is 3.75. The summed E-state index contributed by atoms with van der Waals surface area (Å²) in [7, 11) is -2.99. The molecule has 5 heteroatoms. The van der Waals surface area contributed by atoms with E-state index in [1.165, 1.54) is 6.08 Å². The average Bonchev–Trinajstić information content (AvgIpc) is 2.51. The SMILES string of the molecule is C=CC(=O)Nc1ccc2c(c1)CS(=O)(=O)C2. The Morgan fingerprint density at radius 2 is 2.00 bits per heavy atom. The van der Waals surface area contributed by atoms with Crippen molar-refractivity contribution >= 4 is 21.4 Å². The van der Waals surface area contributed by atoms with E-state index in [1.54, 1.807) is 18.2 Å². The molecular weight excluding hydrogens is 226 g/mol. The number of hydrogen-bond donors (Lipinski definition) is 1. The Balaban J connectivity index is 2.29. The molecule has 1 aliphatic heterocycles. The van der Waals surface area contributed by atoms with Crippen LogP contribution in [0.1, 0.15) is 11.1 Å². The second-order valence-corrected chi connectivity index (χ2v) is 5.77. The van der Waals surface area contributed by atoms with Crippen LogP contribution in [0.2, 0.25) is 0 Å². The van der Waals surface area contributed by atoms with Gasteiger partial charge in [-0.1, -0.05) is 12.6 Å². The monoisotopic (exact) mass is 237 g/mol. The highest BCUT2D eigenvalue weighted by Crippen LogP contribution is 2.27. The molecular formula is C11H11NO3S. The van der Waals surface area contributed by atoms with E-state index in [2.05, 4.69) is 11.9 Å². The molecule has 0 bridgehead atoms. The summed E-state index contributed by atoms with van der Waals surface area (Å²) in [4.78, 5) is 11.1. The molecule has 16 heavy (non-hydrogen) atoms. The maximum atomic E-state index is 11.4. The van der Waals surface area contributed by atoms with Crippen LogP contribution in [-0.4, -0.2) is 14.3 Å². The molecule has 1 aromatic rings. The summed E-state index contributed by atoms with van der Waals surface area (Å²) in [6.07, 6.45) is 1.17. The van der Waals surface area contributed by atoms with Crippen molar-refractivity contribution in [3.8, 4) is 0 Å². The number of rotatable bonds is 2. The molecule has 0 aromatic heterocycles. The standard InChI is InChI=1S/C11H11NO3S/c1-2-11(13)12-10-4-3-8-6-16(14,15)7-9(8)5-10/h2-5H,1,6-7H2,(H,12,13). The Kier molecular flexibility index (Phi) is 2.55. The number of sulfone groups is 1. The normalized spacial score (nSPS) is 16.5. The van der Waals surface area contributed by atoms with Crippen LogP contribution in [0.4, 0.5) is 5.69 Å². The van der Waals surface area contributed by atoms with E-state index < -0.39 is 9.84 Å². The maximum absolute atomic E-state index is 11.4. The van der Waals surface area contributed by atoms with Crippen molar-refractivity contribution in [3.63, 3.8) is 0 Å². The largest absolute Gasteiger partial charge is 0.323 e. The number of carbonyl (C=O) groups is 1. The second-order valence-electron chi connectivity index (χ2n) is 3.71. The summed E-state index contributed by atoms with van der Waals surface area (Å²) in [6.45, 7) is 3.34. The summed E-state index contributed by atoms with van der Waals surface area (Å²) in [6, 6.07) is 5.13. The van der Waals surface area contributed by atoms with Crippen molar-refractivity contribution in [1.82, 2.24) is 0 Å². The van der Waals surface area contributed by atoms with Crippen molar-refractivity contribution in [2.24, 2.45) is 0 Å². The van der Waals surface area contributed by atoms with Crippen molar-refractivity contribution in [1.29, 1.82) is 0 Å². The molecule has 0 atom stereocenters. The lowest BCUT2D eigenvalue weighted by Crippen LogP contribution is -2.07. The lowest BCUT2D eigenvalue weighted by Gasteiger charge is -2.03. The Morgan fingerprint density at radius 1 is 1.31 bits per heavy atom. The molecule has 1 aliphatic rings. The third-order valence-corrected chi connectivity index (χ3v) is 3.91. The summed E-state index contributed by atoms with van der Waals surface area (Å²) in [5, 5.41) is 2.60.